The Morgan fingerprint density at radius 2 is 1.93 bits per heavy atom. The molecule has 0 aromatic heterocycles. The van der Waals surface area contributed by atoms with E-state index in [9.17, 15) is 9.59 Å². The number of benzene rings is 2. The van der Waals surface area contributed by atoms with E-state index in [0.717, 1.165) is 6.42 Å². The van der Waals surface area contributed by atoms with Gasteiger partial charge in [0.1, 0.15) is 17.7 Å². The maximum absolute atomic E-state index is 12.9. The third-order valence-electron chi connectivity index (χ3n) is 4.30. The summed E-state index contributed by atoms with van der Waals surface area (Å²) in [6, 6.07) is 12.0. The van der Waals surface area contributed by atoms with Crippen LogP contribution in [-0.2, 0) is 4.79 Å². The lowest BCUT2D eigenvalue weighted by atomic mass is 10.1. The number of carbonyl (C=O) groups excluding carboxylic acids is 2. The molecule has 3 rings (SSSR count). The van der Waals surface area contributed by atoms with Gasteiger partial charge in [0, 0.05) is 10.7 Å². The molecule has 1 atom stereocenters. The predicted molar refractivity (Wildman–Crippen MR) is 107 cm³/mol. The average molecular weight is 404 g/mol. The van der Waals surface area contributed by atoms with Crippen LogP contribution in [0.1, 0.15) is 30.1 Å². The van der Waals surface area contributed by atoms with Crippen LogP contribution >= 0.6 is 11.6 Å². The van der Waals surface area contributed by atoms with Crippen LogP contribution in [0, 0.1) is 0 Å². The summed E-state index contributed by atoms with van der Waals surface area (Å²) in [4.78, 5) is 25.3. The summed E-state index contributed by atoms with van der Waals surface area (Å²) in [7, 11) is 1.57. The topological polar surface area (TPSA) is 79.9 Å². The summed E-state index contributed by atoms with van der Waals surface area (Å²) in [5.41, 5.74) is 3.76. The Balaban J connectivity index is 1.67. The number of fused-ring (bicyclic) bond motifs is 1. The highest BCUT2D eigenvalue weighted by molar-refractivity contribution is 6.31. The number of nitrogens with one attached hydrogen (secondary N) is 2. The van der Waals surface area contributed by atoms with Crippen LogP contribution in [0.3, 0.4) is 0 Å². The monoisotopic (exact) mass is 403 g/mol. The molecular formula is C20H22ClN3O4. The van der Waals surface area contributed by atoms with E-state index in [1.165, 1.54) is 5.01 Å². The van der Waals surface area contributed by atoms with Gasteiger partial charge in [0.2, 0.25) is 0 Å². The lowest BCUT2D eigenvalue weighted by molar-refractivity contribution is -0.127. The number of ether oxygens (including phenoxy) is 2. The highest BCUT2D eigenvalue weighted by Gasteiger charge is 2.33. The van der Waals surface area contributed by atoms with E-state index in [1.807, 2.05) is 6.92 Å². The second kappa shape index (κ2) is 8.84. The summed E-state index contributed by atoms with van der Waals surface area (Å²) in [5, 5.41) is 5.04. The molecule has 1 heterocycles. The maximum atomic E-state index is 12.9. The van der Waals surface area contributed by atoms with Crippen molar-refractivity contribution in [1.29, 1.82) is 0 Å². The Morgan fingerprint density at radius 1 is 1.21 bits per heavy atom. The van der Waals surface area contributed by atoms with Gasteiger partial charge in [-0.2, -0.15) is 0 Å². The van der Waals surface area contributed by atoms with E-state index in [1.54, 1.807) is 49.6 Å². The molecule has 28 heavy (non-hydrogen) atoms. The molecule has 2 aromatic carbocycles. The third kappa shape index (κ3) is 4.48. The Morgan fingerprint density at radius 3 is 2.61 bits per heavy atom. The minimum atomic E-state index is -0.433. The molecule has 148 valence electrons. The number of halogens is 1. The molecular weight excluding hydrogens is 382 g/mol. The fraction of sp³-hybridized carbons (Fsp3) is 0.300. The van der Waals surface area contributed by atoms with Gasteiger partial charge in [-0.25, -0.2) is 5.01 Å². The molecule has 0 aliphatic carbocycles. The van der Waals surface area contributed by atoms with Crippen molar-refractivity contribution in [3.8, 4) is 11.5 Å². The fourth-order valence-electron chi connectivity index (χ4n) is 2.93. The number of methoxy groups -OCH3 is 1. The zero-order chi connectivity index (χ0) is 20.1. The van der Waals surface area contributed by atoms with E-state index < -0.39 is 5.91 Å². The van der Waals surface area contributed by atoms with Crippen LogP contribution in [0.5, 0.6) is 11.5 Å². The summed E-state index contributed by atoms with van der Waals surface area (Å²) in [6.45, 7) is 1.79. The smallest absolute Gasteiger partial charge is 0.276 e. The molecule has 2 aromatic rings. The SMILES string of the molecule is CCCC1Nc2ccc(Cl)cc2C(=O)N1NC(=O)COc1ccc(OC)cc1. The molecule has 2 amide bonds. The van der Waals surface area contributed by atoms with Crippen LogP contribution < -0.4 is 20.2 Å². The molecule has 1 aliphatic rings. The van der Waals surface area contributed by atoms with Crippen LogP contribution in [0.4, 0.5) is 5.69 Å². The van der Waals surface area contributed by atoms with Gasteiger partial charge in [0.05, 0.1) is 12.7 Å². The maximum Gasteiger partial charge on any atom is 0.276 e. The van der Waals surface area contributed by atoms with Crippen LogP contribution in [0.2, 0.25) is 5.02 Å². The van der Waals surface area contributed by atoms with Gasteiger partial charge in [-0.1, -0.05) is 24.9 Å². The quantitative estimate of drug-likeness (QED) is 0.740. The normalized spacial score (nSPS) is 15.5. The van der Waals surface area contributed by atoms with E-state index in [4.69, 9.17) is 21.1 Å². The molecule has 0 bridgehead atoms. The molecule has 2 N–H and O–H groups in total. The number of nitrogens with zero attached hydrogens (tertiary/aromatic N) is 1. The summed E-state index contributed by atoms with van der Waals surface area (Å²) in [5.74, 6) is 0.479. The molecule has 0 saturated heterocycles. The van der Waals surface area contributed by atoms with Gasteiger partial charge in [0.25, 0.3) is 11.8 Å². The molecule has 1 unspecified atom stereocenters. The van der Waals surface area contributed by atoms with Crippen molar-refractivity contribution in [3.05, 3.63) is 53.1 Å². The van der Waals surface area contributed by atoms with Gasteiger partial charge in [0.15, 0.2) is 6.61 Å². The van der Waals surface area contributed by atoms with Crippen molar-refractivity contribution < 1.29 is 19.1 Å². The Hall–Kier alpha value is -2.93. The average Bonchev–Trinajstić information content (AvgIpc) is 2.70. The number of hydrogen-bond acceptors (Lipinski definition) is 5. The first kappa shape index (κ1) is 19.8. The van der Waals surface area contributed by atoms with E-state index in [-0.39, 0.29) is 18.7 Å². The van der Waals surface area contributed by atoms with Crippen LogP contribution in [-0.4, -0.2) is 36.7 Å². The Bertz CT molecular complexity index is 857. The molecule has 7 nitrogen and oxygen atoms in total. The minimum Gasteiger partial charge on any atom is -0.497 e. The first-order valence-electron chi connectivity index (χ1n) is 8.97. The zero-order valence-electron chi connectivity index (χ0n) is 15.7. The van der Waals surface area contributed by atoms with Crippen molar-refractivity contribution in [3.63, 3.8) is 0 Å². The van der Waals surface area contributed by atoms with Crippen molar-refractivity contribution in [2.75, 3.05) is 19.0 Å². The molecule has 0 radical (unpaired) electrons. The fourth-order valence-corrected chi connectivity index (χ4v) is 3.10. The van der Waals surface area contributed by atoms with Gasteiger partial charge in [-0.05, 0) is 48.9 Å². The zero-order valence-corrected chi connectivity index (χ0v) is 16.5. The second-order valence-corrected chi connectivity index (χ2v) is 6.75. The summed E-state index contributed by atoms with van der Waals surface area (Å²) < 4.78 is 10.6. The van der Waals surface area contributed by atoms with Crippen molar-refractivity contribution >= 4 is 29.1 Å². The van der Waals surface area contributed by atoms with E-state index in [2.05, 4.69) is 10.7 Å². The lowest BCUT2D eigenvalue weighted by Gasteiger charge is -2.37. The Kier molecular flexibility index (Phi) is 6.26. The molecule has 0 fully saturated rings. The number of hydrogen-bond donors (Lipinski definition) is 2. The van der Waals surface area contributed by atoms with E-state index in [0.29, 0.717) is 34.2 Å². The first-order chi connectivity index (χ1) is 13.5. The standard InChI is InChI=1S/C20H22ClN3O4/c1-3-4-18-22-17-10-5-13(21)11-16(17)20(26)24(18)23-19(25)12-28-15-8-6-14(27-2)7-9-15/h5-11,18,22H,3-4,12H2,1-2H3,(H,23,25). The first-order valence-corrected chi connectivity index (χ1v) is 9.35. The number of rotatable bonds is 7. The lowest BCUT2D eigenvalue weighted by Crippen LogP contribution is -2.58. The van der Waals surface area contributed by atoms with Gasteiger partial charge in [-0.3, -0.25) is 15.0 Å². The number of amides is 2. The number of anilines is 1. The van der Waals surface area contributed by atoms with Crippen molar-refractivity contribution in [2.45, 2.75) is 25.9 Å². The van der Waals surface area contributed by atoms with Gasteiger partial charge >= 0.3 is 0 Å². The summed E-state index contributed by atoms with van der Waals surface area (Å²) >= 11 is 6.02. The second-order valence-electron chi connectivity index (χ2n) is 6.31. The van der Waals surface area contributed by atoms with Gasteiger partial charge in [-0.15, -0.1) is 0 Å². The minimum absolute atomic E-state index is 0.225. The molecule has 1 aliphatic heterocycles. The largest absolute Gasteiger partial charge is 0.497 e. The van der Waals surface area contributed by atoms with Crippen LogP contribution in [0.15, 0.2) is 42.5 Å². The Labute approximate surface area is 168 Å². The molecule has 0 saturated carbocycles. The van der Waals surface area contributed by atoms with Crippen LogP contribution in [0.25, 0.3) is 0 Å². The highest BCUT2D eigenvalue weighted by atomic mass is 35.5. The number of carbonyl (C=O) groups is 2. The molecule has 0 spiro atoms. The summed E-state index contributed by atoms with van der Waals surface area (Å²) in [6.07, 6.45) is 1.16. The third-order valence-corrected chi connectivity index (χ3v) is 4.54. The highest BCUT2D eigenvalue weighted by Crippen LogP contribution is 2.28. The van der Waals surface area contributed by atoms with E-state index >= 15 is 0 Å². The van der Waals surface area contributed by atoms with Crippen molar-refractivity contribution in [1.82, 2.24) is 10.4 Å². The van der Waals surface area contributed by atoms with Crippen molar-refractivity contribution in [2.24, 2.45) is 0 Å². The predicted octanol–water partition coefficient (Wildman–Crippen LogP) is 3.45. The number of hydrazine groups is 1. The molecule has 8 heteroatoms. The van der Waals surface area contributed by atoms with Gasteiger partial charge < -0.3 is 14.8 Å².